The Balaban J connectivity index is 2.00. The van der Waals surface area contributed by atoms with Gasteiger partial charge in [-0.15, -0.1) is 0 Å². The van der Waals surface area contributed by atoms with Crippen molar-refractivity contribution in [1.29, 1.82) is 0 Å². The molecule has 0 amide bonds. The SMILES string of the molecule is CC(c1ccccc1)c1ccc2oc(B(O)O)cc2c1. The Morgan fingerprint density at radius 3 is 2.40 bits per heavy atom. The summed E-state index contributed by atoms with van der Waals surface area (Å²) in [5.41, 5.74) is 3.25. The van der Waals surface area contributed by atoms with Gasteiger partial charge in [-0.2, -0.15) is 0 Å². The van der Waals surface area contributed by atoms with Crippen molar-refractivity contribution in [2.75, 3.05) is 0 Å². The Bertz CT molecular complexity index is 719. The highest BCUT2D eigenvalue weighted by molar-refractivity contribution is 6.57. The Hall–Kier alpha value is -2.04. The molecular weight excluding hydrogens is 251 g/mol. The van der Waals surface area contributed by atoms with Gasteiger partial charge in [0.2, 0.25) is 0 Å². The summed E-state index contributed by atoms with van der Waals surface area (Å²) in [4.78, 5) is 0. The standard InChI is InChI=1S/C16H15BO3/c1-11(12-5-3-2-4-6-12)13-7-8-15-14(9-13)10-16(20-15)17(18)19/h2-11,18-19H,1H3. The van der Waals surface area contributed by atoms with E-state index in [2.05, 4.69) is 19.1 Å². The molecule has 2 aromatic carbocycles. The molecule has 0 saturated heterocycles. The molecule has 0 bridgehead atoms. The predicted molar refractivity (Wildman–Crippen MR) is 80.0 cm³/mol. The minimum Gasteiger partial charge on any atom is -0.465 e. The molecule has 3 nitrogen and oxygen atoms in total. The van der Waals surface area contributed by atoms with Crippen LogP contribution >= 0.6 is 0 Å². The number of furan rings is 1. The van der Waals surface area contributed by atoms with Crippen LogP contribution in [0.2, 0.25) is 0 Å². The second-order valence-electron chi connectivity index (χ2n) is 4.95. The molecule has 0 saturated carbocycles. The van der Waals surface area contributed by atoms with Gasteiger partial charge in [0, 0.05) is 11.3 Å². The van der Waals surface area contributed by atoms with Crippen molar-refractivity contribution < 1.29 is 14.5 Å². The molecule has 0 fully saturated rings. The van der Waals surface area contributed by atoms with Gasteiger partial charge in [-0.3, -0.25) is 0 Å². The van der Waals surface area contributed by atoms with Crippen LogP contribution in [0.15, 0.2) is 59.0 Å². The summed E-state index contributed by atoms with van der Waals surface area (Å²) in [5, 5.41) is 19.2. The number of hydrogen-bond acceptors (Lipinski definition) is 3. The van der Waals surface area contributed by atoms with Crippen molar-refractivity contribution in [2.45, 2.75) is 12.8 Å². The molecule has 1 heterocycles. The quantitative estimate of drug-likeness (QED) is 0.715. The molecule has 1 atom stereocenters. The van der Waals surface area contributed by atoms with E-state index in [0.717, 1.165) is 5.39 Å². The largest absolute Gasteiger partial charge is 0.526 e. The summed E-state index contributed by atoms with van der Waals surface area (Å²) in [6.45, 7) is 2.15. The second kappa shape index (κ2) is 5.15. The van der Waals surface area contributed by atoms with Crippen molar-refractivity contribution in [3.05, 3.63) is 65.7 Å². The monoisotopic (exact) mass is 266 g/mol. The minimum atomic E-state index is -1.57. The Morgan fingerprint density at radius 2 is 1.70 bits per heavy atom. The van der Waals surface area contributed by atoms with Crippen LogP contribution in [-0.2, 0) is 0 Å². The number of fused-ring (bicyclic) bond motifs is 1. The molecule has 2 N–H and O–H groups in total. The lowest BCUT2D eigenvalue weighted by Gasteiger charge is -2.12. The first kappa shape index (κ1) is 13.0. The molecule has 0 spiro atoms. The third-order valence-corrected chi connectivity index (χ3v) is 3.61. The molecule has 0 aliphatic carbocycles. The number of rotatable bonds is 3. The van der Waals surface area contributed by atoms with Gasteiger partial charge >= 0.3 is 7.12 Å². The van der Waals surface area contributed by atoms with Gasteiger partial charge in [-0.05, 0) is 29.3 Å². The van der Waals surface area contributed by atoms with Gasteiger partial charge in [-0.1, -0.05) is 43.3 Å². The Morgan fingerprint density at radius 1 is 0.950 bits per heavy atom. The molecule has 3 rings (SSSR count). The van der Waals surface area contributed by atoms with Gasteiger partial charge in [0.05, 0.1) is 0 Å². The zero-order chi connectivity index (χ0) is 14.1. The van der Waals surface area contributed by atoms with E-state index in [1.807, 2.05) is 36.4 Å². The fraction of sp³-hybridized carbons (Fsp3) is 0.125. The molecule has 3 aromatic rings. The van der Waals surface area contributed by atoms with Crippen LogP contribution < -0.4 is 5.66 Å². The summed E-state index contributed by atoms with van der Waals surface area (Å²) in [7, 11) is -1.57. The van der Waals surface area contributed by atoms with Gasteiger partial charge in [0.25, 0.3) is 0 Å². The molecule has 1 unspecified atom stereocenters. The fourth-order valence-electron chi connectivity index (χ4n) is 2.41. The zero-order valence-electron chi connectivity index (χ0n) is 11.2. The van der Waals surface area contributed by atoms with E-state index < -0.39 is 7.12 Å². The van der Waals surface area contributed by atoms with Crippen molar-refractivity contribution in [3.8, 4) is 0 Å². The lowest BCUT2D eigenvalue weighted by atomic mass is 9.87. The normalized spacial score (nSPS) is 12.6. The third kappa shape index (κ3) is 2.35. The van der Waals surface area contributed by atoms with Crippen LogP contribution in [0.3, 0.4) is 0 Å². The van der Waals surface area contributed by atoms with E-state index in [1.54, 1.807) is 6.07 Å². The van der Waals surface area contributed by atoms with Gasteiger partial charge in [0.1, 0.15) is 11.2 Å². The second-order valence-corrected chi connectivity index (χ2v) is 4.95. The summed E-state index contributed by atoms with van der Waals surface area (Å²) in [6, 6.07) is 17.9. The average Bonchev–Trinajstić information content (AvgIpc) is 2.90. The third-order valence-electron chi connectivity index (χ3n) is 3.61. The number of hydrogen-bond donors (Lipinski definition) is 2. The Kier molecular flexibility index (Phi) is 3.34. The molecule has 0 aliphatic rings. The highest BCUT2D eigenvalue weighted by atomic mass is 16.4. The lowest BCUT2D eigenvalue weighted by molar-refractivity contribution is 0.412. The fourth-order valence-corrected chi connectivity index (χ4v) is 2.41. The molecule has 0 radical (unpaired) electrons. The maximum absolute atomic E-state index is 9.14. The van der Waals surface area contributed by atoms with Gasteiger partial charge in [0.15, 0.2) is 0 Å². The van der Waals surface area contributed by atoms with Crippen LogP contribution in [0.5, 0.6) is 0 Å². The molecule has 0 aliphatic heterocycles. The van der Waals surface area contributed by atoms with E-state index in [9.17, 15) is 0 Å². The minimum absolute atomic E-state index is 0.171. The average molecular weight is 266 g/mol. The highest BCUT2D eigenvalue weighted by Gasteiger charge is 2.17. The van der Waals surface area contributed by atoms with Crippen molar-refractivity contribution >= 4 is 23.7 Å². The van der Waals surface area contributed by atoms with Crippen molar-refractivity contribution in [1.82, 2.24) is 0 Å². The van der Waals surface area contributed by atoms with E-state index in [4.69, 9.17) is 14.5 Å². The van der Waals surface area contributed by atoms with Crippen LogP contribution in [0.4, 0.5) is 0 Å². The summed E-state index contributed by atoms with van der Waals surface area (Å²) in [5.74, 6) is 0.276. The topological polar surface area (TPSA) is 53.6 Å². The van der Waals surface area contributed by atoms with Crippen LogP contribution in [0.25, 0.3) is 11.0 Å². The maximum atomic E-state index is 9.14. The van der Waals surface area contributed by atoms with E-state index in [1.165, 1.54) is 11.1 Å². The molecular formula is C16H15BO3. The smallest absolute Gasteiger partial charge is 0.465 e. The summed E-state index contributed by atoms with van der Waals surface area (Å²) in [6.07, 6.45) is 0. The first-order valence-electron chi connectivity index (χ1n) is 6.59. The molecule has 20 heavy (non-hydrogen) atoms. The molecule has 100 valence electrons. The lowest BCUT2D eigenvalue weighted by Crippen LogP contribution is -2.27. The first-order chi connectivity index (χ1) is 9.65. The zero-order valence-corrected chi connectivity index (χ0v) is 11.2. The van der Waals surface area contributed by atoms with E-state index in [-0.39, 0.29) is 11.6 Å². The summed E-state index contributed by atoms with van der Waals surface area (Å²) >= 11 is 0. The van der Waals surface area contributed by atoms with Crippen LogP contribution in [0, 0.1) is 0 Å². The van der Waals surface area contributed by atoms with Crippen LogP contribution in [0.1, 0.15) is 24.0 Å². The van der Waals surface area contributed by atoms with Crippen LogP contribution in [-0.4, -0.2) is 17.2 Å². The molecule has 1 aromatic heterocycles. The van der Waals surface area contributed by atoms with Crippen molar-refractivity contribution in [2.24, 2.45) is 0 Å². The maximum Gasteiger partial charge on any atom is 0.526 e. The first-order valence-corrected chi connectivity index (χ1v) is 6.59. The van der Waals surface area contributed by atoms with Gasteiger partial charge in [-0.25, -0.2) is 0 Å². The predicted octanol–water partition coefficient (Wildman–Crippen LogP) is 2.26. The number of benzene rings is 2. The van der Waals surface area contributed by atoms with E-state index in [0.29, 0.717) is 5.58 Å². The molecule has 4 heteroatoms. The van der Waals surface area contributed by atoms with Crippen molar-refractivity contribution in [3.63, 3.8) is 0 Å². The highest BCUT2D eigenvalue weighted by Crippen LogP contribution is 2.27. The van der Waals surface area contributed by atoms with E-state index >= 15 is 0 Å². The summed E-state index contributed by atoms with van der Waals surface area (Å²) < 4.78 is 5.37. The Labute approximate surface area is 117 Å². The van der Waals surface area contributed by atoms with Gasteiger partial charge < -0.3 is 14.5 Å².